The van der Waals surface area contributed by atoms with E-state index in [1.165, 1.54) is 19.5 Å². The van der Waals surface area contributed by atoms with Crippen molar-refractivity contribution in [3.63, 3.8) is 0 Å². The van der Waals surface area contributed by atoms with Gasteiger partial charge in [0.05, 0.1) is 12.8 Å². The highest BCUT2D eigenvalue weighted by molar-refractivity contribution is 5.74. The normalized spacial score (nSPS) is 10.2. The molecule has 0 saturated carbocycles. The van der Waals surface area contributed by atoms with Crippen LogP contribution in [0.25, 0.3) is 5.69 Å². The molecule has 0 bridgehead atoms. The summed E-state index contributed by atoms with van der Waals surface area (Å²) in [4.78, 5) is 35.3. The third-order valence-electron chi connectivity index (χ3n) is 2.88. The summed E-state index contributed by atoms with van der Waals surface area (Å²) in [6, 6.07) is 6.80. The van der Waals surface area contributed by atoms with Crippen LogP contribution in [0.4, 0.5) is 0 Å². The van der Waals surface area contributed by atoms with Gasteiger partial charge in [-0.2, -0.15) is 0 Å². The smallest absolute Gasteiger partial charge is 0.321 e. The maximum absolute atomic E-state index is 12.1. The molecule has 0 aliphatic carbocycles. The molecule has 0 radical (unpaired) electrons. The topological polar surface area (TPSA) is 108 Å². The van der Waals surface area contributed by atoms with Crippen LogP contribution in [-0.4, -0.2) is 22.2 Å². The van der Waals surface area contributed by atoms with Crippen molar-refractivity contribution in [3.8, 4) is 11.4 Å². The van der Waals surface area contributed by atoms with Gasteiger partial charge in [0.15, 0.2) is 0 Å². The van der Waals surface area contributed by atoms with Crippen molar-refractivity contribution in [2.24, 2.45) is 5.84 Å². The number of hydrogen-bond donors (Lipinski definition) is 2. The monoisotopic (exact) mass is 290 g/mol. The van der Waals surface area contributed by atoms with E-state index in [-0.39, 0.29) is 6.54 Å². The molecule has 1 amide bonds. The van der Waals surface area contributed by atoms with Gasteiger partial charge in [0.1, 0.15) is 12.3 Å². The Morgan fingerprint density at radius 2 is 1.95 bits per heavy atom. The summed E-state index contributed by atoms with van der Waals surface area (Å²) < 4.78 is 7.30. The molecule has 1 heterocycles. The number of amides is 1. The van der Waals surface area contributed by atoms with Gasteiger partial charge in [-0.15, -0.1) is 0 Å². The van der Waals surface area contributed by atoms with Crippen molar-refractivity contribution < 1.29 is 9.53 Å². The van der Waals surface area contributed by atoms with Crippen molar-refractivity contribution in [1.29, 1.82) is 0 Å². The molecule has 0 aliphatic heterocycles. The van der Waals surface area contributed by atoms with E-state index in [4.69, 9.17) is 10.6 Å². The molecule has 0 saturated heterocycles. The summed E-state index contributed by atoms with van der Waals surface area (Å²) >= 11 is 0. The molecule has 8 nitrogen and oxygen atoms in total. The highest BCUT2D eigenvalue weighted by Crippen LogP contribution is 2.19. The first-order chi connectivity index (χ1) is 10.1. The molecule has 8 heteroatoms. The number of nitrogens with zero attached hydrogens (tertiary/aromatic N) is 2. The first kappa shape index (κ1) is 14.5. The Bertz CT molecular complexity index is 778. The summed E-state index contributed by atoms with van der Waals surface area (Å²) in [6.07, 6.45) is 2.73. The summed E-state index contributed by atoms with van der Waals surface area (Å²) in [6.45, 7) is -0.322. The zero-order valence-electron chi connectivity index (χ0n) is 11.3. The van der Waals surface area contributed by atoms with Crippen molar-refractivity contribution >= 4 is 5.91 Å². The van der Waals surface area contributed by atoms with E-state index in [9.17, 15) is 14.4 Å². The molecule has 0 atom stereocenters. The number of nitrogens with two attached hydrogens (primary N) is 1. The van der Waals surface area contributed by atoms with Crippen LogP contribution in [0.2, 0.25) is 0 Å². The molecular weight excluding hydrogens is 276 g/mol. The second-order valence-corrected chi connectivity index (χ2v) is 4.15. The van der Waals surface area contributed by atoms with Gasteiger partial charge in [-0.3, -0.25) is 28.9 Å². The number of benzene rings is 1. The Balaban J connectivity index is 2.54. The molecule has 1 aromatic heterocycles. The maximum Gasteiger partial charge on any atom is 0.321 e. The maximum atomic E-state index is 12.1. The average Bonchev–Trinajstić information content (AvgIpc) is 2.52. The second-order valence-electron chi connectivity index (χ2n) is 4.15. The van der Waals surface area contributed by atoms with Gasteiger partial charge in [-0.05, 0) is 12.1 Å². The molecule has 2 aromatic rings. The fraction of sp³-hybridized carbons (Fsp3) is 0.154. The lowest BCUT2D eigenvalue weighted by atomic mass is 10.3. The molecule has 0 spiro atoms. The largest absolute Gasteiger partial charge is 0.495 e. The number of nitrogens with one attached hydrogen (secondary N) is 1. The number of ether oxygens (including phenoxy) is 1. The van der Waals surface area contributed by atoms with E-state index in [1.54, 1.807) is 24.3 Å². The van der Waals surface area contributed by atoms with Crippen LogP contribution >= 0.6 is 0 Å². The third-order valence-corrected chi connectivity index (χ3v) is 2.88. The molecule has 21 heavy (non-hydrogen) atoms. The molecule has 110 valence electrons. The van der Waals surface area contributed by atoms with Gasteiger partial charge in [0, 0.05) is 12.4 Å². The summed E-state index contributed by atoms with van der Waals surface area (Å²) in [5, 5.41) is 0. The van der Waals surface area contributed by atoms with Crippen molar-refractivity contribution in [1.82, 2.24) is 14.6 Å². The Kier molecular flexibility index (Phi) is 4.19. The van der Waals surface area contributed by atoms with Gasteiger partial charge in [0.25, 0.3) is 5.91 Å². The van der Waals surface area contributed by atoms with E-state index in [0.29, 0.717) is 11.4 Å². The quantitative estimate of drug-likeness (QED) is 0.325. The number of rotatable bonds is 4. The first-order valence-electron chi connectivity index (χ1n) is 6.03. The van der Waals surface area contributed by atoms with Gasteiger partial charge >= 0.3 is 11.1 Å². The van der Waals surface area contributed by atoms with Crippen LogP contribution in [0.3, 0.4) is 0 Å². The van der Waals surface area contributed by atoms with E-state index in [1.807, 2.05) is 5.43 Å². The highest BCUT2D eigenvalue weighted by Gasteiger charge is 2.11. The SMILES string of the molecule is COc1ccccc1-n1ccn(CC(=O)NN)c(=O)c1=O. The number of methoxy groups -OCH3 is 1. The van der Waals surface area contributed by atoms with Gasteiger partial charge < -0.3 is 4.74 Å². The van der Waals surface area contributed by atoms with Gasteiger partial charge in [0.2, 0.25) is 0 Å². The number of carbonyl (C=O) groups excluding carboxylic acids is 1. The minimum absolute atomic E-state index is 0.322. The highest BCUT2D eigenvalue weighted by atomic mass is 16.5. The van der Waals surface area contributed by atoms with E-state index in [0.717, 1.165) is 9.13 Å². The fourth-order valence-corrected chi connectivity index (χ4v) is 1.85. The lowest BCUT2D eigenvalue weighted by Gasteiger charge is -2.11. The standard InChI is InChI=1S/C13H14N4O4/c1-21-10-5-3-2-4-9(10)17-7-6-16(8-11(18)15-14)12(19)13(17)20/h2-7H,8,14H2,1H3,(H,15,18). The Hall–Kier alpha value is -2.87. The summed E-state index contributed by atoms with van der Waals surface area (Å²) in [5.74, 6) is 4.83. The fourth-order valence-electron chi connectivity index (χ4n) is 1.85. The second kappa shape index (κ2) is 6.06. The Morgan fingerprint density at radius 1 is 1.24 bits per heavy atom. The van der Waals surface area contributed by atoms with Crippen LogP contribution in [0, 0.1) is 0 Å². The first-order valence-corrected chi connectivity index (χ1v) is 6.03. The number of aromatic nitrogens is 2. The zero-order chi connectivity index (χ0) is 15.4. The van der Waals surface area contributed by atoms with Crippen LogP contribution in [-0.2, 0) is 11.3 Å². The number of carbonyl (C=O) groups is 1. The van der Waals surface area contributed by atoms with Crippen LogP contribution < -0.4 is 27.1 Å². The van der Waals surface area contributed by atoms with Gasteiger partial charge in [-0.1, -0.05) is 12.1 Å². The third kappa shape index (κ3) is 2.84. The summed E-state index contributed by atoms with van der Waals surface area (Å²) in [5.41, 5.74) is 0.727. The molecule has 1 aromatic carbocycles. The minimum Gasteiger partial charge on any atom is -0.495 e. The van der Waals surface area contributed by atoms with E-state index in [2.05, 4.69) is 0 Å². The van der Waals surface area contributed by atoms with Crippen molar-refractivity contribution in [2.45, 2.75) is 6.54 Å². The van der Waals surface area contributed by atoms with E-state index >= 15 is 0 Å². The predicted molar refractivity (Wildman–Crippen MR) is 75.2 cm³/mol. The van der Waals surface area contributed by atoms with Crippen molar-refractivity contribution in [3.05, 3.63) is 57.4 Å². The number of hydrazine groups is 1. The minimum atomic E-state index is -0.827. The van der Waals surface area contributed by atoms with Crippen molar-refractivity contribution in [2.75, 3.05) is 7.11 Å². The summed E-state index contributed by atoms with van der Waals surface area (Å²) in [7, 11) is 1.47. The van der Waals surface area contributed by atoms with Crippen LogP contribution in [0.1, 0.15) is 0 Å². The average molecular weight is 290 g/mol. The lowest BCUT2D eigenvalue weighted by Crippen LogP contribution is -2.43. The predicted octanol–water partition coefficient (Wildman–Crippen LogP) is -1.00. The van der Waals surface area contributed by atoms with Crippen LogP contribution in [0.15, 0.2) is 46.2 Å². The number of para-hydroxylation sites is 2. The molecule has 0 fully saturated rings. The van der Waals surface area contributed by atoms with Gasteiger partial charge in [-0.25, -0.2) is 5.84 Å². The lowest BCUT2D eigenvalue weighted by molar-refractivity contribution is -0.121. The molecule has 0 aliphatic rings. The number of hydrogen-bond acceptors (Lipinski definition) is 5. The molecule has 2 rings (SSSR count). The molecule has 0 unspecified atom stereocenters. The Labute approximate surface area is 119 Å². The van der Waals surface area contributed by atoms with E-state index < -0.39 is 17.0 Å². The zero-order valence-corrected chi connectivity index (χ0v) is 11.3. The van der Waals surface area contributed by atoms with Crippen LogP contribution in [0.5, 0.6) is 5.75 Å². The molecular formula is C13H14N4O4. The Morgan fingerprint density at radius 3 is 2.62 bits per heavy atom. The molecule has 3 N–H and O–H groups in total.